The summed E-state index contributed by atoms with van der Waals surface area (Å²) < 4.78 is 17.0. The second kappa shape index (κ2) is 53.4. The Morgan fingerprint density at radius 1 is 0.264 bits per heavy atom. The number of furan rings is 2. The fourth-order valence-electron chi connectivity index (χ4n) is 16.9. The van der Waals surface area contributed by atoms with Crippen molar-refractivity contribution >= 4 is 165 Å². The third-order valence-corrected chi connectivity index (χ3v) is 33.7. The molecular formula is C126H112BrClN4O2P4PdZn. The summed E-state index contributed by atoms with van der Waals surface area (Å²) in [6.45, 7) is 17.9. The second-order valence-corrected chi connectivity index (χ2v) is 43.9. The summed E-state index contributed by atoms with van der Waals surface area (Å²) in [6.07, 6.45) is 10.7. The van der Waals surface area contributed by atoms with Crippen LogP contribution in [0.2, 0.25) is 0 Å². The number of nitrogens with zero attached hydrogens (tertiary/aromatic N) is 4. The number of hydrogen-bond acceptors (Lipinski definition) is 4. The van der Waals surface area contributed by atoms with Crippen molar-refractivity contribution < 1.29 is 46.6 Å². The zero-order valence-electron chi connectivity index (χ0n) is 80.0. The Bertz CT molecular complexity index is 6510. The van der Waals surface area contributed by atoms with Gasteiger partial charge < -0.3 is 18.4 Å². The van der Waals surface area contributed by atoms with Crippen LogP contribution in [0.4, 0.5) is 0 Å². The first-order valence-electron chi connectivity index (χ1n) is 47.1. The molecule has 0 bridgehead atoms. The van der Waals surface area contributed by atoms with Crippen molar-refractivity contribution in [2.75, 3.05) is 0 Å². The zero-order valence-corrected chi connectivity index (χ0v) is 90.4. The molecule has 22 aromatic rings. The van der Waals surface area contributed by atoms with E-state index in [-0.39, 0.29) is 20.4 Å². The van der Waals surface area contributed by atoms with Crippen molar-refractivity contribution in [2.45, 2.75) is 79.1 Å². The Morgan fingerprint density at radius 2 is 0.507 bits per heavy atom. The summed E-state index contributed by atoms with van der Waals surface area (Å²) in [5.41, 5.74) is 12.7. The summed E-state index contributed by atoms with van der Waals surface area (Å²) in [6, 6.07) is 171. The molecule has 6 nitrogen and oxygen atoms in total. The monoisotopic (exact) mass is 2120 g/mol. The van der Waals surface area contributed by atoms with E-state index in [0.717, 1.165) is 71.7 Å². The van der Waals surface area contributed by atoms with Gasteiger partial charge in [-0.25, -0.2) is 4.98 Å². The van der Waals surface area contributed by atoms with Gasteiger partial charge in [0.2, 0.25) is 0 Å². The van der Waals surface area contributed by atoms with Crippen LogP contribution in [0.5, 0.6) is 0 Å². The van der Waals surface area contributed by atoms with E-state index < -0.39 is 31.7 Å². The maximum absolute atomic E-state index is 6.01. The molecule has 0 fully saturated rings. The number of aromatic nitrogens is 4. The molecule has 0 spiro atoms. The molecular weight excluding hydrogens is 2010 g/mol. The standard InChI is InChI=1S/C27H26N2O.4C18H15P.C15H19N2.C12H7BrO.ClH.Pd.Zn/c1-17(2)20-9-7-10-21(18(3)4)26(20)29-15-14-28-27(29)19-12-13-25-23(16-19)22-8-5-6-11-24(22)30-25;4*1-4-10-16(11-5-1)19(17-12-6-2-7-13-17)18-14-8-3-9-15-18;1-11(2)13-6-5-7-14(12(3)4)15(13)17-9-8-16-10-17;13-8-5-6-12-10(7-8)9-3-1-2-4-11(9)14-12;;;/h5-18H,1-4H3;4*1-15H;5-9,11-12H,1-4H3;1-7H;1H;;/q;;;;;-1;;;;+2/p-1. The van der Waals surface area contributed by atoms with Gasteiger partial charge in [-0.05, 0) is 184 Å². The topological polar surface area (TPSA) is 61.9 Å². The van der Waals surface area contributed by atoms with Gasteiger partial charge in [-0.2, -0.15) is 0 Å². The normalized spacial score (nSPS) is 10.9. The minimum absolute atomic E-state index is 0. The van der Waals surface area contributed by atoms with Gasteiger partial charge in [-0.15, -0.1) is 0 Å². The predicted molar refractivity (Wildman–Crippen MR) is 603 cm³/mol. The second-order valence-electron chi connectivity index (χ2n) is 34.1. The fourth-order valence-corrected chi connectivity index (χ4v) is 26.5. The van der Waals surface area contributed by atoms with E-state index in [2.05, 4.69) is 536 Å². The summed E-state index contributed by atoms with van der Waals surface area (Å²) in [4.78, 5) is 8.80. The van der Waals surface area contributed by atoms with Crippen molar-refractivity contribution in [3.8, 4) is 22.8 Å². The Kier molecular flexibility index (Phi) is 39.5. The number of imidazole rings is 2. The fraction of sp³-hybridized carbons (Fsp3) is 0.0952. The molecule has 14 heteroatoms. The van der Waals surface area contributed by atoms with E-state index in [1.165, 1.54) is 103 Å². The van der Waals surface area contributed by atoms with E-state index in [0.29, 0.717) is 23.7 Å². The molecule has 0 aliphatic heterocycles. The summed E-state index contributed by atoms with van der Waals surface area (Å²) in [5.74, 6) is 2.81. The molecule has 22 rings (SSSR count). The Balaban J connectivity index is 0.000000131. The average Bonchev–Trinajstić information content (AvgIpc) is 1.59. The first-order chi connectivity index (χ1) is 68.3. The van der Waals surface area contributed by atoms with Crippen LogP contribution >= 0.6 is 57.3 Å². The molecule has 0 amide bonds. The van der Waals surface area contributed by atoms with Crippen molar-refractivity contribution in [1.29, 1.82) is 0 Å². The van der Waals surface area contributed by atoms with Crippen LogP contribution in [0.25, 0.3) is 66.6 Å². The van der Waals surface area contributed by atoms with Crippen molar-refractivity contribution in [2.24, 2.45) is 0 Å². The number of para-hydroxylation sites is 4. The third-order valence-electron chi connectivity index (χ3n) is 23.4. The van der Waals surface area contributed by atoms with Gasteiger partial charge in [0.1, 0.15) is 28.2 Å². The van der Waals surface area contributed by atoms with Gasteiger partial charge in [0.05, 0.1) is 5.69 Å². The van der Waals surface area contributed by atoms with E-state index in [1.54, 1.807) is 6.20 Å². The number of benzene rings is 18. The maximum Gasteiger partial charge on any atom is 0 e. The van der Waals surface area contributed by atoms with Gasteiger partial charge in [0.25, 0.3) is 0 Å². The predicted octanol–water partition coefficient (Wildman–Crippen LogP) is 30.4. The summed E-state index contributed by atoms with van der Waals surface area (Å²) in [7, 11) is 2.98. The van der Waals surface area contributed by atoms with Gasteiger partial charge >= 0.3 is 27.0 Å². The minimum Gasteiger partial charge on any atom is -0.0622 e. The summed E-state index contributed by atoms with van der Waals surface area (Å²) in [5, 5.41) is 21.4. The van der Waals surface area contributed by atoms with Crippen molar-refractivity contribution in [1.82, 2.24) is 19.1 Å². The van der Waals surface area contributed by atoms with Gasteiger partial charge in [-0.3, -0.25) is 4.57 Å². The number of fused-ring (bicyclic) bond motifs is 6. The van der Waals surface area contributed by atoms with Crippen LogP contribution in [-0.4, -0.2) is 19.1 Å². The van der Waals surface area contributed by atoms with Gasteiger partial charge in [0.15, 0.2) is 0 Å². The first kappa shape index (κ1) is 104. The van der Waals surface area contributed by atoms with Crippen LogP contribution in [0.1, 0.15) is 101 Å². The molecule has 0 aliphatic rings. The molecule has 0 unspecified atom stereocenters. The minimum atomic E-state index is -0.446. The average molecular weight is 2130 g/mol. The molecule has 0 aliphatic carbocycles. The smallest absolute Gasteiger partial charge is 0 e. The maximum atomic E-state index is 6.01. The first-order valence-corrected chi connectivity index (χ1v) is 57.1. The molecule has 18 aromatic carbocycles. The summed E-state index contributed by atoms with van der Waals surface area (Å²) >= 11 is 4.31. The molecule has 4 aromatic heterocycles. The molecule has 140 heavy (non-hydrogen) atoms. The molecule has 4 heterocycles. The van der Waals surface area contributed by atoms with Crippen LogP contribution in [0, 0.1) is 6.33 Å². The van der Waals surface area contributed by atoms with Gasteiger partial charge in [0, 0.05) is 70.7 Å². The van der Waals surface area contributed by atoms with E-state index >= 15 is 0 Å². The zero-order chi connectivity index (χ0) is 96.4. The van der Waals surface area contributed by atoms with Crippen LogP contribution in [-0.2, 0) is 37.7 Å². The molecule has 0 N–H and O–H groups in total. The Labute approximate surface area is 867 Å². The largest absolute Gasteiger partial charge is 0.0622 e. The Morgan fingerprint density at radius 3 is 0.771 bits per heavy atom. The van der Waals surface area contributed by atoms with Crippen LogP contribution < -0.4 is 63.7 Å². The van der Waals surface area contributed by atoms with Crippen molar-refractivity contribution in [3.63, 3.8) is 0 Å². The van der Waals surface area contributed by atoms with E-state index in [4.69, 9.17) is 23.5 Å². The number of rotatable bonds is 19. The molecule has 0 saturated carbocycles. The van der Waals surface area contributed by atoms with Gasteiger partial charge in [-0.1, -0.05) is 532 Å². The van der Waals surface area contributed by atoms with Crippen LogP contribution in [0.15, 0.2) is 523 Å². The SMILES string of the molecule is Brc1ccc2oc3ccccc3c2c1.CC(C)c1cccc(C(C)C)c1-n1[c-]ncc1.CC(C)c1cccc(C(C)C)c1-n1ccnc1-c1ccc2oc3ccccc3c2c1.[Cl][Zn+].[Pd].c1ccc(P(c2ccccc2)c2ccccc2)cc1.c1ccc(P(c2ccccc2)c2ccccc2)cc1.c1ccc(P(c2ccccc2)c2ccccc2)cc1.c1ccc(P(c2ccccc2)c2ccccc2)cc1. The molecule has 694 valence electrons. The van der Waals surface area contributed by atoms with E-state index in [1.807, 2.05) is 59.4 Å². The molecule has 0 atom stereocenters. The number of hydrogen-bond donors (Lipinski definition) is 0. The molecule has 0 radical (unpaired) electrons. The van der Waals surface area contributed by atoms with Crippen LogP contribution in [0.3, 0.4) is 0 Å². The molecule has 0 saturated heterocycles. The van der Waals surface area contributed by atoms with Crippen molar-refractivity contribution in [3.05, 3.63) is 543 Å². The van der Waals surface area contributed by atoms with E-state index in [9.17, 15) is 0 Å². The Hall–Kier alpha value is -12.2. The number of halogens is 2. The third kappa shape index (κ3) is 27.1. The quantitative estimate of drug-likeness (QED) is 0.0460.